The summed E-state index contributed by atoms with van der Waals surface area (Å²) in [5.41, 5.74) is -0.665. The van der Waals surface area contributed by atoms with Gasteiger partial charge in [-0.3, -0.25) is 5.32 Å². The third-order valence-electron chi connectivity index (χ3n) is 6.12. The summed E-state index contributed by atoms with van der Waals surface area (Å²) in [6.45, 7) is 3.64. The Hall–Kier alpha value is -4.09. The van der Waals surface area contributed by atoms with E-state index in [0.717, 1.165) is 5.56 Å². The van der Waals surface area contributed by atoms with Crippen molar-refractivity contribution >= 4 is 28.9 Å². The number of nitrogens with one attached hydrogen (secondary N) is 1. The molecule has 2 fully saturated rings. The van der Waals surface area contributed by atoms with E-state index in [1.54, 1.807) is 26.0 Å². The Morgan fingerprint density at radius 3 is 2.54 bits per heavy atom. The van der Waals surface area contributed by atoms with Crippen molar-refractivity contribution in [1.82, 2.24) is 0 Å². The highest BCUT2D eigenvalue weighted by atomic mass is 16.8. The van der Waals surface area contributed by atoms with Crippen LogP contribution >= 0.6 is 0 Å². The van der Waals surface area contributed by atoms with E-state index in [9.17, 15) is 14.4 Å². The van der Waals surface area contributed by atoms with E-state index in [1.807, 2.05) is 30.3 Å². The summed E-state index contributed by atoms with van der Waals surface area (Å²) in [7, 11) is 1.50. The number of anilines is 1. The van der Waals surface area contributed by atoms with Crippen molar-refractivity contribution in [3.05, 3.63) is 70.6 Å². The van der Waals surface area contributed by atoms with E-state index in [4.69, 9.17) is 32.8 Å². The predicted octanol–water partition coefficient (Wildman–Crippen LogP) is 3.97. The summed E-state index contributed by atoms with van der Waals surface area (Å²) < 4.78 is 38.6. The van der Waals surface area contributed by atoms with Crippen molar-refractivity contribution in [2.24, 2.45) is 0 Å². The molecule has 11 heteroatoms. The molecule has 1 aromatic heterocycles. The number of amides is 1. The van der Waals surface area contributed by atoms with Gasteiger partial charge in [-0.2, -0.15) is 0 Å². The average Bonchev–Trinajstić information content (AvgIpc) is 3.25. The summed E-state index contributed by atoms with van der Waals surface area (Å²) in [5.74, 6) is 0.303. The zero-order chi connectivity index (χ0) is 26.2. The van der Waals surface area contributed by atoms with Gasteiger partial charge in [0.05, 0.1) is 5.60 Å². The van der Waals surface area contributed by atoms with Crippen molar-refractivity contribution in [3.8, 4) is 5.75 Å². The summed E-state index contributed by atoms with van der Waals surface area (Å²) in [5, 5.41) is 2.94. The molecule has 0 aliphatic carbocycles. The van der Waals surface area contributed by atoms with Gasteiger partial charge in [0, 0.05) is 18.6 Å². The lowest BCUT2D eigenvalue weighted by Gasteiger charge is -2.45. The van der Waals surface area contributed by atoms with Crippen LogP contribution in [0.15, 0.2) is 63.8 Å². The zero-order valence-corrected chi connectivity index (χ0v) is 20.3. The fourth-order valence-electron chi connectivity index (χ4n) is 4.42. The Bertz CT molecular complexity index is 1370. The molecule has 37 heavy (non-hydrogen) atoms. The molecule has 1 N–H and O–H groups in total. The first kappa shape index (κ1) is 24.6. The number of fused-ring (bicyclic) bond motifs is 2. The zero-order valence-electron chi connectivity index (χ0n) is 20.3. The molecule has 0 spiro atoms. The maximum atomic E-state index is 12.5. The third kappa shape index (κ3) is 5.09. The molecule has 194 valence electrons. The lowest BCUT2D eigenvalue weighted by atomic mass is 9.89. The Morgan fingerprint density at radius 1 is 1.03 bits per heavy atom. The van der Waals surface area contributed by atoms with Crippen LogP contribution < -0.4 is 15.7 Å². The van der Waals surface area contributed by atoms with E-state index in [1.165, 1.54) is 19.2 Å². The summed E-state index contributed by atoms with van der Waals surface area (Å²) >= 11 is 0. The van der Waals surface area contributed by atoms with Crippen LogP contribution in [-0.4, -0.2) is 49.6 Å². The number of hydrogen-bond acceptors (Lipinski definition) is 10. The SMILES string of the molecule is COC1C2OC(=O)OC2C(Oc2ccc3cc(NC(=O)OCc4ccccc4)c(=O)oc3c2)OC1(C)C. The van der Waals surface area contributed by atoms with Crippen molar-refractivity contribution < 1.29 is 42.4 Å². The molecule has 2 saturated heterocycles. The van der Waals surface area contributed by atoms with Crippen molar-refractivity contribution in [2.45, 2.75) is 50.7 Å². The second-order valence-corrected chi connectivity index (χ2v) is 9.11. The van der Waals surface area contributed by atoms with Crippen molar-refractivity contribution in [2.75, 3.05) is 12.4 Å². The van der Waals surface area contributed by atoms with E-state index in [2.05, 4.69) is 5.32 Å². The van der Waals surface area contributed by atoms with Gasteiger partial charge >= 0.3 is 17.9 Å². The Balaban J connectivity index is 1.30. The fraction of sp³-hybridized carbons (Fsp3) is 0.346. The van der Waals surface area contributed by atoms with E-state index in [0.29, 0.717) is 11.1 Å². The molecule has 4 atom stereocenters. The Labute approximate surface area is 211 Å². The number of hydrogen-bond donors (Lipinski definition) is 1. The van der Waals surface area contributed by atoms with Crippen LogP contribution in [0.5, 0.6) is 5.75 Å². The summed E-state index contributed by atoms with van der Waals surface area (Å²) in [6, 6.07) is 15.4. The highest BCUT2D eigenvalue weighted by molar-refractivity contribution is 5.88. The molecule has 1 amide bonds. The van der Waals surface area contributed by atoms with Crippen LogP contribution in [0.25, 0.3) is 11.0 Å². The summed E-state index contributed by atoms with van der Waals surface area (Å²) in [6.07, 6.45) is -4.77. The highest BCUT2D eigenvalue weighted by Crippen LogP contribution is 2.38. The number of ether oxygens (including phenoxy) is 6. The average molecular weight is 511 g/mol. The van der Waals surface area contributed by atoms with Gasteiger partial charge in [0.2, 0.25) is 12.4 Å². The molecule has 0 radical (unpaired) electrons. The Morgan fingerprint density at radius 2 is 1.78 bits per heavy atom. The quantitative estimate of drug-likeness (QED) is 0.383. The van der Waals surface area contributed by atoms with Crippen LogP contribution in [0, 0.1) is 0 Å². The number of carbonyl (C=O) groups excluding carboxylic acids is 2. The van der Waals surface area contributed by atoms with Gasteiger partial charge in [-0.1, -0.05) is 30.3 Å². The number of rotatable bonds is 6. The monoisotopic (exact) mass is 511 g/mol. The summed E-state index contributed by atoms with van der Waals surface area (Å²) in [4.78, 5) is 36.5. The van der Waals surface area contributed by atoms with E-state index < -0.39 is 48.1 Å². The molecule has 4 unspecified atom stereocenters. The first-order valence-electron chi connectivity index (χ1n) is 11.5. The normalized spacial score (nSPS) is 24.0. The maximum absolute atomic E-state index is 12.5. The molecule has 2 aliphatic heterocycles. The Kier molecular flexibility index (Phi) is 6.48. The van der Waals surface area contributed by atoms with Gasteiger partial charge in [0.15, 0.2) is 6.10 Å². The first-order chi connectivity index (χ1) is 17.7. The van der Waals surface area contributed by atoms with Gasteiger partial charge in [-0.15, -0.1) is 0 Å². The number of methoxy groups -OCH3 is 1. The van der Waals surface area contributed by atoms with Gasteiger partial charge in [0.1, 0.15) is 29.7 Å². The van der Waals surface area contributed by atoms with Crippen molar-refractivity contribution in [3.63, 3.8) is 0 Å². The molecule has 2 aromatic carbocycles. The molecular weight excluding hydrogens is 486 g/mol. The van der Waals surface area contributed by atoms with Crippen molar-refractivity contribution in [1.29, 1.82) is 0 Å². The van der Waals surface area contributed by atoms with E-state index in [-0.39, 0.29) is 17.9 Å². The van der Waals surface area contributed by atoms with Crippen LogP contribution in [0.1, 0.15) is 19.4 Å². The van der Waals surface area contributed by atoms with Crippen LogP contribution in [0.2, 0.25) is 0 Å². The minimum absolute atomic E-state index is 0.0552. The lowest BCUT2D eigenvalue weighted by molar-refractivity contribution is -0.282. The van der Waals surface area contributed by atoms with Gasteiger partial charge in [-0.05, 0) is 37.6 Å². The molecule has 3 aromatic rings. The molecule has 0 bridgehead atoms. The molecular formula is C26H25NO10. The standard InChI is InChI=1S/C26H25NO10/c1-26(2)21(31-3)19-20(36-25(30)35-19)23(37-26)33-16-10-9-15-11-17(22(28)34-18(15)12-16)27-24(29)32-13-14-7-5-4-6-8-14/h4-12,19-21,23H,13H2,1-3H3,(H,27,29). The van der Waals surface area contributed by atoms with Crippen LogP contribution in [0.3, 0.4) is 0 Å². The highest BCUT2D eigenvalue weighted by Gasteiger charge is 2.58. The smallest absolute Gasteiger partial charge is 0.461 e. The molecule has 5 rings (SSSR count). The van der Waals surface area contributed by atoms with Gasteiger partial charge < -0.3 is 32.8 Å². The number of benzene rings is 2. The number of carbonyl (C=O) groups is 2. The topological polar surface area (TPSA) is 132 Å². The molecule has 0 saturated carbocycles. The minimum Gasteiger partial charge on any atom is -0.461 e. The minimum atomic E-state index is -0.998. The second-order valence-electron chi connectivity index (χ2n) is 9.11. The lowest BCUT2D eigenvalue weighted by Crippen LogP contribution is -2.62. The second kappa shape index (κ2) is 9.75. The van der Waals surface area contributed by atoms with Crippen LogP contribution in [0.4, 0.5) is 15.3 Å². The van der Waals surface area contributed by atoms with Gasteiger partial charge in [-0.25, -0.2) is 14.4 Å². The van der Waals surface area contributed by atoms with Gasteiger partial charge in [0.25, 0.3) is 0 Å². The van der Waals surface area contributed by atoms with Crippen LogP contribution in [-0.2, 0) is 30.3 Å². The molecule has 11 nitrogen and oxygen atoms in total. The first-order valence-corrected chi connectivity index (χ1v) is 11.5. The van der Waals surface area contributed by atoms with E-state index >= 15 is 0 Å². The maximum Gasteiger partial charge on any atom is 0.509 e. The fourth-order valence-corrected chi connectivity index (χ4v) is 4.42. The third-order valence-corrected chi connectivity index (χ3v) is 6.12. The predicted molar refractivity (Wildman–Crippen MR) is 128 cm³/mol. The molecule has 2 aliphatic rings. The largest absolute Gasteiger partial charge is 0.509 e. The molecule has 3 heterocycles.